The number of amides is 1. The zero-order valence-electron chi connectivity index (χ0n) is 11.1. The molecule has 1 aromatic carbocycles. The first-order valence-corrected chi connectivity index (χ1v) is 6.28. The van der Waals surface area contributed by atoms with Gasteiger partial charge < -0.3 is 14.8 Å². The second kappa shape index (κ2) is 4.56. The number of carboxylic acid groups (broad SMARTS) is 1. The van der Waals surface area contributed by atoms with Crippen LogP contribution in [0, 0.1) is 0 Å². The predicted octanol–water partition coefficient (Wildman–Crippen LogP) is 2.55. The van der Waals surface area contributed by atoms with Crippen LogP contribution in [-0.4, -0.2) is 39.7 Å². The predicted molar refractivity (Wildman–Crippen MR) is 73.9 cm³/mol. The smallest absolute Gasteiger partial charge is 0.408 e. The molecule has 3 rings (SSSR count). The van der Waals surface area contributed by atoms with Crippen molar-refractivity contribution in [1.82, 2.24) is 14.9 Å². The fourth-order valence-electron chi connectivity index (χ4n) is 2.54. The zero-order chi connectivity index (χ0) is 14.3. The van der Waals surface area contributed by atoms with E-state index in [1.807, 2.05) is 18.2 Å². The molecule has 0 aliphatic carbocycles. The van der Waals surface area contributed by atoms with Crippen LogP contribution in [0.15, 0.2) is 30.4 Å². The van der Waals surface area contributed by atoms with Gasteiger partial charge in [0.25, 0.3) is 0 Å². The molecule has 0 spiro atoms. The Balaban J connectivity index is 2.01. The van der Waals surface area contributed by atoms with Gasteiger partial charge in [0.05, 0.1) is 24.2 Å². The van der Waals surface area contributed by atoms with Crippen molar-refractivity contribution in [2.75, 3.05) is 13.7 Å². The van der Waals surface area contributed by atoms with Crippen molar-refractivity contribution in [2.45, 2.75) is 12.5 Å². The number of H-pyrrole nitrogens is 1. The van der Waals surface area contributed by atoms with Crippen LogP contribution in [-0.2, 0) is 0 Å². The normalized spacial score (nSPS) is 18.8. The molecule has 6 nitrogen and oxygen atoms in total. The van der Waals surface area contributed by atoms with E-state index in [0.717, 1.165) is 22.4 Å². The molecule has 1 fully saturated rings. The van der Waals surface area contributed by atoms with Crippen LogP contribution < -0.4 is 4.74 Å². The number of hydrogen-bond donors (Lipinski definition) is 2. The molecule has 6 heteroatoms. The molecule has 1 aliphatic rings. The fraction of sp³-hybridized carbons (Fsp3) is 0.286. The van der Waals surface area contributed by atoms with E-state index in [4.69, 9.17) is 4.74 Å². The molecule has 104 valence electrons. The number of likely N-dealkylation sites (tertiary alicyclic amines) is 1. The van der Waals surface area contributed by atoms with Gasteiger partial charge in [0.1, 0.15) is 11.6 Å². The van der Waals surface area contributed by atoms with Gasteiger partial charge in [-0.15, -0.1) is 0 Å². The Bertz CT molecular complexity index is 692. The molecule has 0 radical (unpaired) electrons. The van der Waals surface area contributed by atoms with Crippen molar-refractivity contribution in [2.24, 2.45) is 0 Å². The minimum atomic E-state index is -0.952. The lowest BCUT2D eigenvalue weighted by atomic mass is 10.2. The molecular weight excluding hydrogens is 258 g/mol. The van der Waals surface area contributed by atoms with E-state index in [2.05, 4.69) is 16.5 Å². The third kappa shape index (κ3) is 1.99. The number of hydrogen-bond acceptors (Lipinski definition) is 3. The van der Waals surface area contributed by atoms with Crippen LogP contribution in [0.4, 0.5) is 4.79 Å². The molecular formula is C14H15N3O3. The summed E-state index contributed by atoms with van der Waals surface area (Å²) in [6.45, 7) is 4.24. The highest BCUT2D eigenvalue weighted by molar-refractivity contribution is 5.77. The third-order valence-corrected chi connectivity index (χ3v) is 3.52. The van der Waals surface area contributed by atoms with E-state index >= 15 is 0 Å². The van der Waals surface area contributed by atoms with Gasteiger partial charge in [-0.05, 0) is 18.6 Å². The minimum Gasteiger partial charge on any atom is -0.497 e. The lowest BCUT2D eigenvalue weighted by molar-refractivity contribution is 0.139. The van der Waals surface area contributed by atoms with Crippen molar-refractivity contribution in [1.29, 1.82) is 0 Å². The SMILES string of the molecule is C=C1C[C@@H](c2nc3ccc(OC)cc3[nH]2)N(C(=O)O)C1. The summed E-state index contributed by atoms with van der Waals surface area (Å²) in [6, 6.07) is 5.23. The van der Waals surface area contributed by atoms with Crippen molar-refractivity contribution in [3.05, 3.63) is 36.2 Å². The van der Waals surface area contributed by atoms with Crippen LogP contribution in [0.5, 0.6) is 5.75 Å². The van der Waals surface area contributed by atoms with Crippen molar-refractivity contribution < 1.29 is 14.6 Å². The van der Waals surface area contributed by atoms with E-state index in [1.54, 1.807) is 7.11 Å². The highest BCUT2D eigenvalue weighted by atomic mass is 16.5. The number of rotatable bonds is 2. The molecule has 2 N–H and O–H groups in total. The summed E-state index contributed by atoms with van der Waals surface area (Å²) in [6.07, 6.45) is -0.352. The van der Waals surface area contributed by atoms with Crippen molar-refractivity contribution >= 4 is 17.1 Å². The van der Waals surface area contributed by atoms with Crippen LogP contribution in [0.1, 0.15) is 18.3 Å². The molecule has 1 aromatic heterocycles. The number of imidazole rings is 1. The van der Waals surface area contributed by atoms with E-state index in [-0.39, 0.29) is 6.04 Å². The summed E-state index contributed by atoms with van der Waals surface area (Å²) >= 11 is 0. The summed E-state index contributed by atoms with van der Waals surface area (Å²) < 4.78 is 5.17. The Morgan fingerprint density at radius 2 is 2.40 bits per heavy atom. The topological polar surface area (TPSA) is 78.5 Å². The first-order chi connectivity index (χ1) is 9.58. The van der Waals surface area contributed by atoms with Crippen LogP contribution in [0.2, 0.25) is 0 Å². The molecule has 1 amide bonds. The Morgan fingerprint density at radius 1 is 1.60 bits per heavy atom. The van der Waals surface area contributed by atoms with Gasteiger partial charge in [-0.25, -0.2) is 9.78 Å². The summed E-state index contributed by atoms with van der Waals surface area (Å²) in [5, 5.41) is 9.24. The average molecular weight is 273 g/mol. The molecule has 0 saturated carbocycles. The maximum absolute atomic E-state index is 11.3. The van der Waals surface area contributed by atoms with Gasteiger partial charge in [-0.1, -0.05) is 12.2 Å². The lowest BCUT2D eigenvalue weighted by Gasteiger charge is -2.18. The second-order valence-electron chi connectivity index (χ2n) is 4.89. The van der Waals surface area contributed by atoms with Gasteiger partial charge in [0, 0.05) is 12.6 Å². The number of methoxy groups -OCH3 is 1. The maximum atomic E-state index is 11.3. The first-order valence-electron chi connectivity index (χ1n) is 6.28. The number of nitrogens with one attached hydrogen (secondary N) is 1. The number of nitrogens with zero attached hydrogens (tertiary/aromatic N) is 2. The summed E-state index contributed by atoms with van der Waals surface area (Å²) in [5.41, 5.74) is 2.53. The monoisotopic (exact) mass is 273 g/mol. The molecule has 1 saturated heterocycles. The average Bonchev–Trinajstić information content (AvgIpc) is 3.00. The zero-order valence-corrected chi connectivity index (χ0v) is 11.1. The Morgan fingerprint density at radius 3 is 3.10 bits per heavy atom. The number of aromatic amines is 1. The van der Waals surface area contributed by atoms with Gasteiger partial charge in [0.15, 0.2) is 0 Å². The largest absolute Gasteiger partial charge is 0.497 e. The summed E-state index contributed by atoms with van der Waals surface area (Å²) in [4.78, 5) is 20.3. The number of benzene rings is 1. The molecule has 2 aromatic rings. The van der Waals surface area contributed by atoms with Gasteiger partial charge in [-0.3, -0.25) is 4.90 Å². The van der Waals surface area contributed by atoms with Gasteiger partial charge in [0.2, 0.25) is 0 Å². The minimum absolute atomic E-state index is 0.293. The van der Waals surface area contributed by atoms with Gasteiger partial charge >= 0.3 is 6.09 Å². The van der Waals surface area contributed by atoms with Crippen molar-refractivity contribution in [3.8, 4) is 5.75 Å². The first kappa shape index (κ1) is 12.5. The third-order valence-electron chi connectivity index (χ3n) is 3.52. The second-order valence-corrected chi connectivity index (χ2v) is 4.89. The van der Waals surface area contributed by atoms with E-state index in [0.29, 0.717) is 18.8 Å². The standard InChI is InChI=1S/C14H15N3O3/c1-8-5-12(17(7-8)14(18)19)13-15-10-4-3-9(20-2)6-11(10)16-13/h3-4,6,12H,1,5,7H2,2H3,(H,15,16)(H,18,19)/t12-/m0/s1. The van der Waals surface area contributed by atoms with E-state index in [1.165, 1.54) is 4.90 Å². The lowest BCUT2D eigenvalue weighted by Crippen LogP contribution is -2.29. The molecule has 1 aliphatic heterocycles. The van der Waals surface area contributed by atoms with Crippen LogP contribution in [0.3, 0.4) is 0 Å². The number of fused-ring (bicyclic) bond motifs is 1. The van der Waals surface area contributed by atoms with Crippen LogP contribution >= 0.6 is 0 Å². The Kier molecular flexibility index (Phi) is 2.85. The Hall–Kier alpha value is -2.50. The number of aromatic nitrogens is 2. The number of ether oxygens (including phenoxy) is 1. The fourth-order valence-corrected chi connectivity index (χ4v) is 2.54. The molecule has 2 heterocycles. The highest BCUT2D eigenvalue weighted by Gasteiger charge is 2.34. The Labute approximate surface area is 115 Å². The summed E-state index contributed by atoms with van der Waals surface area (Å²) in [5.74, 6) is 1.38. The molecule has 0 unspecified atom stereocenters. The molecule has 1 atom stereocenters. The van der Waals surface area contributed by atoms with E-state index in [9.17, 15) is 9.90 Å². The van der Waals surface area contributed by atoms with Crippen LogP contribution in [0.25, 0.3) is 11.0 Å². The van der Waals surface area contributed by atoms with Crippen molar-refractivity contribution in [3.63, 3.8) is 0 Å². The molecule has 20 heavy (non-hydrogen) atoms. The quantitative estimate of drug-likeness (QED) is 0.824. The van der Waals surface area contributed by atoms with E-state index < -0.39 is 6.09 Å². The highest BCUT2D eigenvalue weighted by Crippen LogP contribution is 2.34. The summed E-state index contributed by atoms with van der Waals surface area (Å²) in [7, 11) is 1.60. The van der Waals surface area contributed by atoms with Gasteiger partial charge in [-0.2, -0.15) is 0 Å². The maximum Gasteiger partial charge on any atom is 0.408 e. The molecule has 0 bridgehead atoms. The number of carbonyl (C=O) groups is 1.